The second kappa shape index (κ2) is 11.9. The zero-order valence-electron chi connectivity index (χ0n) is 17.9. The summed E-state index contributed by atoms with van der Waals surface area (Å²) in [4.78, 5) is 0. The van der Waals surface area contributed by atoms with Gasteiger partial charge in [0.25, 0.3) is 0 Å². The minimum absolute atomic E-state index is 0.134. The molecule has 0 saturated heterocycles. The van der Waals surface area contributed by atoms with Crippen LogP contribution in [-0.4, -0.2) is 72.9 Å². The first-order valence-electron chi connectivity index (χ1n) is 8.25. The maximum atomic E-state index is 10.7. The fourth-order valence-electron chi connectivity index (χ4n) is 1.12. The third-order valence-corrected chi connectivity index (χ3v) is 12.8. The van der Waals surface area contributed by atoms with E-state index in [1.54, 1.807) is 0 Å². The van der Waals surface area contributed by atoms with Crippen molar-refractivity contribution in [2.75, 3.05) is 25.7 Å². The fraction of sp³-hybridized carbons (Fsp3) is 1.00. The van der Waals surface area contributed by atoms with E-state index in [4.69, 9.17) is 25.9 Å². The van der Waals surface area contributed by atoms with E-state index in [1.165, 1.54) is 12.3 Å². The van der Waals surface area contributed by atoms with Gasteiger partial charge in [-0.15, -0.1) is 0 Å². The molecule has 0 amide bonds. The monoisotopic (exact) mass is 534 g/mol. The van der Waals surface area contributed by atoms with Crippen molar-refractivity contribution in [2.45, 2.75) is 62.9 Å². The Balaban J connectivity index is -0.000000391. The first kappa shape index (κ1) is 34.9. The van der Waals surface area contributed by atoms with Crippen molar-refractivity contribution in [3.05, 3.63) is 0 Å². The van der Waals surface area contributed by atoms with Gasteiger partial charge in [0, 0.05) is 29.2 Å². The molecule has 2 atom stereocenters. The van der Waals surface area contributed by atoms with Crippen LogP contribution in [-0.2, 0) is 20.2 Å². The third-order valence-electron chi connectivity index (χ3n) is 4.00. The quantitative estimate of drug-likeness (QED) is 0.230. The molecule has 30 heavy (non-hydrogen) atoms. The predicted octanol–water partition coefficient (Wildman–Crippen LogP) is 4.37. The molecule has 2 unspecified atom stereocenters. The highest BCUT2D eigenvalue weighted by molar-refractivity contribution is 7.86. The Morgan fingerprint density at radius 1 is 0.600 bits per heavy atom. The van der Waals surface area contributed by atoms with Crippen LogP contribution in [0.4, 0.5) is 26.3 Å². The van der Waals surface area contributed by atoms with Crippen molar-refractivity contribution in [3.63, 3.8) is 0 Å². The van der Waals surface area contributed by atoms with Crippen LogP contribution >= 0.6 is 15.8 Å². The molecular formula is C14H30F6O6P2S2. The predicted molar refractivity (Wildman–Crippen MR) is 109 cm³/mol. The highest BCUT2D eigenvalue weighted by atomic mass is 32.2. The molecule has 186 valence electrons. The Morgan fingerprint density at radius 3 is 0.800 bits per heavy atom. The van der Waals surface area contributed by atoms with E-state index in [2.05, 4.69) is 54.9 Å². The normalized spacial score (nSPS) is 15.9. The Hall–Kier alpha value is 0.260. The van der Waals surface area contributed by atoms with E-state index in [-0.39, 0.29) is 15.8 Å². The van der Waals surface area contributed by atoms with Crippen LogP contribution in [0.25, 0.3) is 0 Å². The van der Waals surface area contributed by atoms with E-state index < -0.39 is 31.3 Å². The maximum absolute atomic E-state index is 10.7. The SMILES string of the molecule is C[PH+](CC[PH+](C)C(C)(C)C)C(C)(C)C.O=S(=O)([O-])C(F)(F)F.O=S(=O)([O-])C(F)(F)F. The number of halogens is 6. The topological polar surface area (TPSA) is 114 Å². The summed E-state index contributed by atoms with van der Waals surface area (Å²) in [5, 5.41) is 1.18. The van der Waals surface area contributed by atoms with Crippen LogP contribution in [0.1, 0.15) is 41.5 Å². The number of alkyl halides is 6. The Bertz CT molecular complexity index is 645. The smallest absolute Gasteiger partial charge is 0.485 e. The van der Waals surface area contributed by atoms with Gasteiger partial charge in [0.1, 0.15) is 0 Å². The molecule has 0 aromatic heterocycles. The van der Waals surface area contributed by atoms with Gasteiger partial charge in [0.15, 0.2) is 20.2 Å². The van der Waals surface area contributed by atoms with E-state index in [1.807, 2.05) is 0 Å². The molecule has 0 bridgehead atoms. The van der Waals surface area contributed by atoms with Crippen molar-refractivity contribution in [2.24, 2.45) is 0 Å². The molecule has 0 fully saturated rings. The van der Waals surface area contributed by atoms with Crippen molar-refractivity contribution < 1.29 is 52.3 Å². The van der Waals surface area contributed by atoms with Gasteiger partial charge in [-0.25, -0.2) is 16.8 Å². The molecule has 0 heterocycles. The summed E-state index contributed by atoms with van der Waals surface area (Å²) < 4.78 is 118. The van der Waals surface area contributed by atoms with Crippen molar-refractivity contribution in [1.82, 2.24) is 0 Å². The second-order valence-electron chi connectivity index (χ2n) is 8.36. The fourth-order valence-corrected chi connectivity index (χ4v) is 5.62. The lowest BCUT2D eigenvalue weighted by molar-refractivity contribution is -0.0522. The molecule has 0 N–H and O–H groups in total. The van der Waals surface area contributed by atoms with Crippen LogP contribution in [0, 0.1) is 0 Å². The summed E-state index contributed by atoms with van der Waals surface area (Å²) in [6, 6.07) is 0. The molecule has 0 spiro atoms. The highest BCUT2D eigenvalue weighted by Crippen LogP contribution is 2.52. The van der Waals surface area contributed by atoms with E-state index >= 15 is 0 Å². The second-order valence-corrected chi connectivity index (χ2v) is 18.2. The molecule has 0 aromatic rings. The van der Waals surface area contributed by atoms with Gasteiger partial charge >= 0.3 is 11.0 Å². The molecule has 6 nitrogen and oxygen atoms in total. The number of hydrogen-bond donors (Lipinski definition) is 0. The number of hydrogen-bond acceptors (Lipinski definition) is 6. The zero-order valence-corrected chi connectivity index (χ0v) is 21.6. The first-order valence-corrected chi connectivity index (χ1v) is 15.5. The molecule has 0 radical (unpaired) electrons. The maximum Gasteiger partial charge on any atom is 0.485 e. The van der Waals surface area contributed by atoms with Crippen molar-refractivity contribution >= 4 is 36.1 Å². The van der Waals surface area contributed by atoms with Gasteiger partial charge in [0.2, 0.25) is 0 Å². The summed E-state index contributed by atoms with van der Waals surface area (Å²) in [7, 11) is -12.4. The standard InChI is InChI=1S/C12H28P2.2CHF3O3S/c1-11(2,3)13(7)9-10-14(8)12(4,5)6;2*2-1(3,4)8(5,6)7/h9-10H2,1-8H3;2*(H,5,6,7). The van der Waals surface area contributed by atoms with E-state index in [0.29, 0.717) is 10.3 Å². The average Bonchev–Trinajstić information content (AvgIpc) is 2.39. The van der Waals surface area contributed by atoms with Crippen LogP contribution in [0.2, 0.25) is 0 Å². The Labute approximate surface area is 177 Å². The Morgan fingerprint density at radius 2 is 0.733 bits per heavy atom. The van der Waals surface area contributed by atoms with E-state index in [0.717, 1.165) is 0 Å². The third kappa shape index (κ3) is 16.9. The van der Waals surface area contributed by atoms with Crippen LogP contribution < -0.4 is 0 Å². The molecule has 0 aliphatic heterocycles. The lowest BCUT2D eigenvalue weighted by Crippen LogP contribution is -2.21. The molecule has 0 saturated carbocycles. The summed E-state index contributed by atoms with van der Waals surface area (Å²) in [6.07, 6.45) is 3.02. The molecule has 16 heteroatoms. The molecule has 0 rings (SSSR count). The summed E-state index contributed by atoms with van der Waals surface area (Å²) in [6.45, 7) is 19.4. The lowest BCUT2D eigenvalue weighted by atomic mass is 10.3. The van der Waals surface area contributed by atoms with Crippen LogP contribution in [0.3, 0.4) is 0 Å². The zero-order chi connectivity index (χ0) is 25.6. The molecule has 0 aromatic carbocycles. The largest absolute Gasteiger partial charge is 0.741 e. The minimum Gasteiger partial charge on any atom is -0.741 e. The van der Waals surface area contributed by atoms with Crippen molar-refractivity contribution in [3.8, 4) is 0 Å². The van der Waals surface area contributed by atoms with Gasteiger partial charge in [-0.2, -0.15) is 26.3 Å². The average molecular weight is 534 g/mol. The van der Waals surface area contributed by atoms with E-state index in [9.17, 15) is 26.3 Å². The van der Waals surface area contributed by atoms with Gasteiger partial charge in [0.05, 0.1) is 22.6 Å². The molecule has 0 aliphatic carbocycles. The molecular weight excluding hydrogens is 504 g/mol. The minimum atomic E-state index is -6.09. The summed E-state index contributed by atoms with van der Waals surface area (Å²) in [5.41, 5.74) is -11.3. The van der Waals surface area contributed by atoms with Gasteiger partial charge < -0.3 is 9.11 Å². The first-order chi connectivity index (χ1) is 12.5. The van der Waals surface area contributed by atoms with Crippen LogP contribution in [0.5, 0.6) is 0 Å². The lowest BCUT2D eigenvalue weighted by Gasteiger charge is -2.24. The number of rotatable bonds is 3. The van der Waals surface area contributed by atoms with Gasteiger partial charge in [-0.1, -0.05) is 0 Å². The highest BCUT2D eigenvalue weighted by Gasteiger charge is 2.37. The summed E-state index contributed by atoms with van der Waals surface area (Å²) >= 11 is 0. The summed E-state index contributed by atoms with van der Waals surface area (Å²) in [5.74, 6) is 0. The Kier molecular flexibility index (Phi) is 13.9. The van der Waals surface area contributed by atoms with Crippen LogP contribution in [0.15, 0.2) is 0 Å². The van der Waals surface area contributed by atoms with Gasteiger partial charge in [-0.3, -0.25) is 0 Å². The molecule has 0 aliphatic rings. The van der Waals surface area contributed by atoms with Crippen molar-refractivity contribution in [1.29, 1.82) is 0 Å². The van der Waals surface area contributed by atoms with Gasteiger partial charge in [-0.05, 0) is 41.5 Å².